The van der Waals surface area contributed by atoms with E-state index in [0.29, 0.717) is 21.3 Å². The number of benzene rings is 2. The van der Waals surface area contributed by atoms with E-state index < -0.39 is 12.0 Å². The number of primary amides is 1. The van der Waals surface area contributed by atoms with Gasteiger partial charge in [-0.1, -0.05) is 41.9 Å². The third-order valence-electron chi connectivity index (χ3n) is 4.44. The van der Waals surface area contributed by atoms with E-state index in [2.05, 4.69) is 5.32 Å². The molecule has 0 saturated heterocycles. The van der Waals surface area contributed by atoms with Gasteiger partial charge in [-0.3, -0.25) is 9.59 Å². The lowest BCUT2D eigenvalue weighted by molar-refractivity contribution is -0.122. The van der Waals surface area contributed by atoms with Gasteiger partial charge in [-0.25, -0.2) is 0 Å². The number of rotatable bonds is 6. The SMILES string of the molecule is Cc1cc(Cl)ccc1OC(C)C(=O)Nc1sc(C)c(-c2ccccc2)c1C(N)=O. The van der Waals surface area contributed by atoms with Crippen molar-refractivity contribution in [1.29, 1.82) is 0 Å². The van der Waals surface area contributed by atoms with Crippen LogP contribution in [0.25, 0.3) is 11.1 Å². The first kappa shape index (κ1) is 20.9. The summed E-state index contributed by atoms with van der Waals surface area (Å²) in [6, 6.07) is 14.7. The predicted octanol–water partition coefficient (Wildman–Crippen LogP) is 5.19. The Morgan fingerprint density at radius 3 is 2.45 bits per heavy atom. The molecule has 3 rings (SSSR count). The van der Waals surface area contributed by atoms with Crippen LogP contribution >= 0.6 is 22.9 Å². The fourth-order valence-electron chi connectivity index (χ4n) is 3.02. The number of carbonyl (C=O) groups is 2. The third kappa shape index (κ3) is 4.60. The molecule has 7 heteroatoms. The molecule has 0 radical (unpaired) electrons. The number of amides is 2. The van der Waals surface area contributed by atoms with Gasteiger partial charge in [0, 0.05) is 15.5 Å². The minimum atomic E-state index is -0.779. The van der Waals surface area contributed by atoms with Crippen LogP contribution in [0.15, 0.2) is 48.5 Å². The highest BCUT2D eigenvalue weighted by Gasteiger charge is 2.25. The molecule has 1 heterocycles. The second-order valence-electron chi connectivity index (χ2n) is 6.63. The van der Waals surface area contributed by atoms with Gasteiger partial charge in [-0.2, -0.15) is 0 Å². The number of anilines is 1. The van der Waals surface area contributed by atoms with Gasteiger partial charge in [-0.15, -0.1) is 11.3 Å². The summed E-state index contributed by atoms with van der Waals surface area (Å²) in [6.07, 6.45) is -0.779. The molecule has 29 heavy (non-hydrogen) atoms. The first-order chi connectivity index (χ1) is 13.8. The molecule has 0 saturated carbocycles. The lowest BCUT2D eigenvalue weighted by Crippen LogP contribution is -2.30. The zero-order chi connectivity index (χ0) is 21.1. The van der Waals surface area contributed by atoms with E-state index in [1.165, 1.54) is 11.3 Å². The number of thiophene rings is 1. The van der Waals surface area contributed by atoms with Crippen LogP contribution in [0.2, 0.25) is 5.02 Å². The van der Waals surface area contributed by atoms with Gasteiger partial charge in [0.25, 0.3) is 11.8 Å². The van der Waals surface area contributed by atoms with E-state index >= 15 is 0 Å². The number of carbonyl (C=O) groups excluding carboxylic acids is 2. The molecule has 1 unspecified atom stereocenters. The van der Waals surface area contributed by atoms with Crippen molar-refractivity contribution < 1.29 is 14.3 Å². The Hall–Kier alpha value is -2.83. The minimum absolute atomic E-state index is 0.307. The molecule has 150 valence electrons. The van der Waals surface area contributed by atoms with Gasteiger partial charge < -0.3 is 15.8 Å². The van der Waals surface area contributed by atoms with Crippen LogP contribution in [0, 0.1) is 13.8 Å². The van der Waals surface area contributed by atoms with Gasteiger partial charge in [0.05, 0.1) is 5.56 Å². The lowest BCUT2D eigenvalue weighted by atomic mass is 10.0. The summed E-state index contributed by atoms with van der Waals surface area (Å²) in [5.74, 6) is -0.396. The van der Waals surface area contributed by atoms with Crippen LogP contribution in [0.1, 0.15) is 27.7 Å². The van der Waals surface area contributed by atoms with Gasteiger partial charge in [-0.05, 0) is 50.1 Å². The smallest absolute Gasteiger partial charge is 0.265 e. The monoisotopic (exact) mass is 428 g/mol. The van der Waals surface area contributed by atoms with Crippen molar-refractivity contribution in [1.82, 2.24) is 0 Å². The van der Waals surface area contributed by atoms with E-state index in [9.17, 15) is 9.59 Å². The number of hydrogen-bond donors (Lipinski definition) is 2. The summed E-state index contributed by atoms with van der Waals surface area (Å²) in [5.41, 5.74) is 8.39. The molecule has 0 aliphatic carbocycles. The molecular weight excluding hydrogens is 408 g/mol. The summed E-state index contributed by atoms with van der Waals surface area (Å²) in [5, 5.41) is 3.82. The van der Waals surface area contributed by atoms with Gasteiger partial charge in [0.1, 0.15) is 10.8 Å². The first-order valence-corrected chi connectivity index (χ1v) is 10.2. The Bertz CT molecular complexity index is 1060. The Labute approximate surface area is 178 Å². The van der Waals surface area contributed by atoms with Crippen molar-refractivity contribution in [3.8, 4) is 16.9 Å². The highest BCUT2D eigenvalue weighted by molar-refractivity contribution is 7.17. The Kier molecular flexibility index (Phi) is 6.25. The zero-order valence-corrected chi connectivity index (χ0v) is 17.9. The average molecular weight is 429 g/mol. The van der Waals surface area contributed by atoms with Gasteiger partial charge in [0.2, 0.25) is 0 Å². The molecule has 0 spiro atoms. The number of aryl methyl sites for hydroxylation is 2. The van der Waals surface area contributed by atoms with E-state index in [0.717, 1.165) is 21.6 Å². The zero-order valence-electron chi connectivity index (χ0n) is 16.3. The third-order valence-corrected chi connectivity index (χ3v) is 5.70. The number of hydrogen-bond acceptors (Lipinski definition) is 4. The summed E-state index contributed by atoms with van der Waals surface area (Å²) in [6.45, 7) is 5.39. The average Bonchev–Trinajstić information content (AvgIpc) is 3.00. The minimum Gasteiger partial charge on any atom is -0.481 e. The van der Waals surface area contributed by atoms with Crippen molar-refractivity contribution in [3.05, 3.63) is 69.6 Å². The van der Waals surface area contributed by atoms with Gasteiger partial charge >= 0.3 is 0 Å². The summed E-state index contributed by atoms with van der Waals surface area (Å²) < 4.78 is 5.77. The maximum Gasteiger partial charge on any atom is 0.265 e. The van der Waals surface area contributed by atoms with Gasteiger partial charge in [0.15, 0.2) is 6.10 Å². The second-order valence-corrected chi connectivity index (χ2v) is 8.29. The molecule has 3 aromatic rings. The molecule has 5 nitrogen and oxygen atoms in total. The fraction of sp³-hybridized carbons (Fsp3) is 0.182. The predicted molar refractivity (Wildman–Crippen MR) is 118 cm³/mol. The van der Waals surface area contributed by atoms with Crippen molar-refractivity contribution in [2.45, 2.75) is 26.9 Å². The number of nitrogens with one attached hydrogen (secondary N) is 1. The largest absolute Gasteiger partial charge is 0.481 e. The van der Waals surface area contributed by atoms with E-state index in [4.69, 9.17) is 22.1 Å². The summed E-state index contributed by atoms with van der Waals surface area (Å²) >= 11 is 7.28. The van der Waals surface area contributed by atoms with Crippen LogP contribution in [-0.2, 0) is 4.79 Å². The lowest BCUT2D eigenvalue weighted by Gasteiger charge is -2.16. The molecule has 1 aromatic heterocycles. The Balaban J connectivity index is 1.86. The standard InChI is InChI=1S/C22H21ClN2O3S/c1-12-11-16(23)9-10-17(12)28-13(2)21(27)25-22-19(20(24)26)18(14(3)29-22)15-7-5-4-6-8-15/h4-11,13H,1-3H3,(H2,24,26)(H,25,27). The van der Waals surface area contributed by atoms with Crippen LogP contribution < -0.4 is 15.8 Å². The molecule has 0 aliphatic rings. The second kappa shape index (κ2) is 8.68. The normalized spacial score (nSPS) is 11.7. The molecule has 0 aliphatic heterocycles. The maximum atomic E-state index is 12.7. The molecule has 3 N–H and O–H groups in total. The highest BCUT2D eigenvalue weighted by atomic mass is 35.5. The summed E-state index contributed by atoms with van der Waals surface area (Å²) in [7, 11) is 0. The van der Waals surface area contributed by atoms with Crippen molar-refractivity contribution in [2.24, 2.45) is 5.73 Å². The fourth-order valence-corrected chi connectivity index (χ4v) is 4.33. The molecule has 2 aromatic carbocycles. The van der Waals surface area contributed by atoms with E-state index in [1.54, 1.807) is 25.1 Å². The number of nitrogens with two attached hydrogens (primary N) is 1. The molecule has 0 fully saturated rings. The highest BCUT2D eigenvalue weighted by Crippen LogP contribution is 2.39. The molecular formula is C22H21ClN2O3S. The molecule has 2 amide bonds. The topological polar surface area (TPSA) is 81.4 Å². The van der Waals surface area contributed by atoms with Crippen LogP contribution in [-0.4, -0.2) is 17.9 Å². The van der Waals surface area contributed by atoms with Crippen molar-refractivity contribution in [2.75, 3.05) is 5.32 Å². The van der Waals surface area contributed by atoms with Crippen LogP contribution in [0.3, 0.4) is 0 Å². The molecule has 1 atom stereocenters. The van der Waals surface area contributed by atoms with E-state index in [-0.39, 0.29) is 5.91 Å². The van der Waals surface area contributed by atoms with Crippen LogP contribution in [0.4, 0.5) is 5.00 Å². The Morgan fingerprint density at radius 2 is 1.83 bits per heavy atom. The summed E-state index contributed by atoms with van der Waals surface area (Å²) in [4.78, 5) is 25.8. The van der Waals surface area contributed by atoms with E-state index in [1.807, 2.05) is 44.2 Å². The molecule has 0 bridgehead atoms. The number of halogens is 1. The first-order valence-electron chi connectivity index (χ1n) is 9.00. The number of ether oxygens (including phenoxy) is 1. The van der Waals surface area contributed by atoms with Crippen molar-refractivity contribution in [3.63, 3.8) is 0 Å². The maximum absolute atomic E-state index is 12.7. The quantitative estimate of drug-likeness (QED) is 0.566. The Morgan fingerprint density at radius 1 is 1.14 bits per heavy atom. The van der Waals surface area contributed by atoms with Crippen LogP contribution in [0.5, 0.6) is 5.75 Å². The van der Waals surface area contributed by atoms with Crippen molar-refractivity contribution >= 4 is 39.8 Å².